The van der Waals surface area contributed by atoms with Gasteiger partial charge < -0.3 is 9.64 Å². The molecule has 2 saturated heterocycles. The van der Waals surface area contributed by atoms with Crippen LogP contribution in [-0.2, 0) is 4.74 Å². The number of rotatable bonds is 3. The van der Waals surface area contributed by atoms with Crippen LogP contribution in [0.1, 0.15) is 42.5 Å². The maximum Gasteiger partial charge on any atom is 0.132 e. The van der Waals surface area contributed by atoms with Gasteiger partial charge in [0.25, 0.3) is 0 Å². The van der Waals surface area contributed by atoms with Crippen molar-refractivity contribution in [1.82, 2.24) is 25.8 Å². The maximum atomic E-state index is 6.12. The van der Waals surface area contributed by atoms with Gasteiger partial charge in [0.05, 0.1) is 24.9 Å². The fourth-order valence-corrected chi connectivity index (χ4v) is 5.00. The molecule has 3 fully saturated rings. The topological polar surface area (TPSA) is 75.2 Å². The number of hydrogen-bond donors (Lipinski definition) is 2. The molecule has 0 radical (unpaired) electrons. The van der Waals surface area contributed by atoms with Crippen LogP contribution in [0.15, 0.2) is 30.7 Å². The Morgan fingerprint density at radius 1 is 1.07 bits per heavy atom. The van der Waals surface area contributed by atoms with Crippen molar-refractivity contribution in [2.75, 3.05) is 31.2 Å². The van der Waals surface area contributed by atoms with Crippen LogP contribution in [0.3, 0.4) is 0 Å². The third-order valence-electron chi connectivity index (χ3n) is 6.30. The number of nitrogens with zero attached hydrogens (tertiary/aromatic N) is 4. The van der Waals surface area contributed by atoms with Crippen LogP contribution in [0.25, 0.3) is 0 Å². The molecule has 148 valence electrons. The molecule has 4 atom stereocenters. The molecule has 2 aliphatic heterocycles. The second kappa shape index (κ2) is 7.91. The summed E-state index contributed by atoms with van der Waals surface area (Å²) in [5, 5.41) is 0.574. The minimum Gasteiger partial charge on any atom is -0.378 e. The van der Waals surface area contributed by atoms with E-state index in [0.29, 0.717) is 23.0 Å². The summed E-state index contributed by atoms with van der Waals surface area (Å²) in [6.45, 7) is 3.26. The molecule has 28 heavy (non-hydrogen) atoms. The first-order valence-corrected chi connectivity index (χ1v) is 10.4. The number of aromatic nitrogens is 3. The van der Waals surface area contributed by atoms with Gasteiger partial charge in [-0.1, -0.05) is 11.6 Å². The van der Waals surface area contributed by atoms with Crippen molar-refractivity contribution in [3.63, 3.8) is 0 Å². The summed E-state index contributed by atoms with van der Waals surface area (Å²) in [5.74, 6) is 1.98. The number of morpholine rings is 1. The van der Waals surface area contributed by atoms with Gasteiger partial charge in [-0.15, -0.1) is 0 Å². The van der Waals surface area contributed by atoms with Gasteiger partial charge in [0.1, 0.15) is 17.3 Å². The van der Waals surface area contributed by atoms with Crippen LogP contribution in [0.2, 0.25) is 5.15 Å². The fraction of sp³-hybridized carbons (Fsp3) is 0.550. The maximum absolute atomic E-state index is 6.12. The standard InChI is InChI=1S/C20H25ClN6O/c21-18-10-14(3-4-22-18)13-1-2-16-15(9-13)20(26-25-16)17-11-19(24-12-23-17)27-5-7-28-8-6-27/h3-4,10-13,15-16,20,25-26H,1-2,5-9H2. The molecule has 4 heterocycles. The lowest BCUT2D eigenvalue weighted by Crippen LogP contribution is -2.37. The van der Waals surface area contributed by atoms with Crippen LogP contribution in [-0.4, -0.2) is 47.3 Å². The molecular weight excluding hydrogens is 376 g/mol. The van der Waals surface area contributed by atoms with Crippen molar-refractivity contribution in [2.24, 2.45) is 5.92 Å². The van der Waals surface area contributed by atoms with Crippen LogP contribution in [0, 0.1) is 5.92 Å². The molecule has 7 nitrogen and oxygen atoms in total. The summed E-state index contributed by atoms with van der Waals surface area (Å²) < 4.78 is 5.46. The van der Waals surface area contributed by atoms with Gasteiger partial charge in [-0.25, -0.2) is 20.4 Å². The minimum atomic E-state index is 0.188. The van der Waals surface area contributed by atoms with Crippen molar-refractivity contribution < 1.29 is 4.74 Å². The average molecular weight is 401 g/mol. The predicted molar refractivity (Wildman–Crippen MR) is 107 cm³/mol. The Kier molecular flexibility index (Phi) is 5.15. The number of ether oxygens (including phenoxy) is 1. The fourth-order valence-electron chi connectivity index (χ4n) is 4.82. The van der Waals surface area contributed by atoms with Crippen LogP contribution < -0.4 is 15.8 Å². The lowest BCUT2D eigenvalue weighted by molar-refractivity contribution is 0.122. The van der Waals surface area contributed by atoms with E-state index < -0.39 is 0 Å². The summed E-state index contributed by atoms with van der Waals surface area (Å²) in [4.78, 5) is 15.5. The monoisotopic (exact) mass is 400 g/mol. The molecule has 0 amide bonds. The van der Waals surface area contributed by atoms with E-state index in [2.05, 4.69) is 42.8 Å². The SMILES string of the molecule is Clc1cc(C2CCC3NNC(c4cc(N5CCOCC5)ncn4)C3C2)ccn1. The molecule has 4 unspecified atom stereocenters. The van der Waals surface area contributed by atoms with Crippen LogP contribution in [0.5, 0.6) is 0 Å². The first kappa shape index (κ1) is 18.2. The Labute approximate surface area is 169 Å². The average Bonchev–Trinajstić information content (AvgIpc) is 3.18. The van der Waals surface area contributed by atoms with Crippen LogP contribution >= 0.6 is 11.6 Å². The molecular formula is C20H25ClN6O. The van der Waals surface area contributed by atoms with E-state index in [0.717, 1.165) is 57.1 Å². The van der Waals surface area contributed by atoms with Crippen molar-refractivity contribution in [1.29, 1.82) is 0 Å². The highest BCUT2D eigenvalue weighted by Gasteiger charge is 2.42. The van der Waals surface area contributed by atoms with E-state index >= 15 is 0 Å². The number of halogens is 1. The Bertz CT molecular complexity index is 830. The quantitative estimate of drug-likeness (QED) is 0.766. The highest BCUT2D eigenvalue weighted by Crippen LogP contribution is 2.44. The van der Waals surface area contributed by atoms with E-state index in [1.165, 1.54) is 5.56 Å². The van der Waals surface area contributed by atoms with Gasteiger partial charge in [0.2, 0.25) is 0 Å². The smallest absolute Gasteiger partial charge is 0.132 e. The number of pyridine rings is 1. The molecule has 1 saturated carbocycles. The van der Waals surface area contributed by atoms with E-state index in [4.69, 9.17) is 16.3 Å². The third kappa shape index (κ3) is 3.59. The number of anilines is 1. The zero-order valence-corrected chi connectivity index (χ0v) is 16.5. The lowest BCUT2D eigenvalue weighted by Gasteiger charge is -2.33. The molecule has 5 rings (SSSR count). The molecule has 2 aromatic heterocycles. The number of fused-ring (bicyclic) bond motifs is 1. The highest BCUT2D eigenvalue weighted by atomic mass is 35.5. The molecule has 0 aromatic carbocycles. The zero-order chi connectivity index (χ0) is 18.9. The van der Waals surface area contributed by atoms with Crippen molar-refractivity contribution in [2.45, 2.75) is 37.3 Å². The highest BCUT2D eigenvalue weighted by molar-refractivity contribution is 6.29. The van der Waals surface area contributed by atoms with Gasteiger partial charge >= 0.3 is 0 Å². The van der Waals surface area contributed by atoms with Gasteiger partial charge in [-0.05, 0) is 48.8 Å². The molecule has 1 aliphatic carbocycles. The minimum absolute atomic E-state index is 0.188. The Morgan fingerprint density at radius 2 is 1.96 bits per heavy atom. The predicted octanol–water partition coefficient (Wildman–Crippen LogP) is 2.46. The lowest BCUT2D eigenvalue weighted by atomic mass is 9.73. The Morgan fingerprint density at radius 3 is 2.82 bits per heavy atom. The number of nitrogens with one attached hydrogen (secondary N) is 2. The molecule has 8 heteroatoms. The number of hydrazine groups is 1. The van der Waals surface area contributed by atoms with Crippen molar-refractivity contribution in [3.05, 3.63) is 47.1 Å². The second-order valence-electron chi connectivity index (χ2n) is 7.86. The second-order valence-corrected chi connectivity index (χ2v) is 8.25. The molecule has 2 N–H and O–H groups in total. The molecule has 3 aliphatic rings. The van der Waals surface area contributed by atoms with E-state index in [1.807, 2.05) is 12.3 Å². The van der Waals surface area contributed by atoms with Gasteiger partial charge in [-0.2, -0.15) is 0 Å². The van der Waals surface area contributed by atoms with Gasteiger partial charge in [-0.3, -0.25) is 5.43 Å². The third-order valence-corrected chi connectivity index (χ3v) is 6.51. The Balaban J connectivity index is 1.36. The van der Waals surface area contributed by atoms with Crippen molar-refractivity contribution >= 4 is 17.4 Å². The van der Waals surface area contributed by atoms with Crippen LogP contribution in [0.4, 0.5) is 5.82 Å². The normalized spacial score (nSPS) is 30.2. The number of hydrogen-bond acceptors (Lipinski definition) is 7. The first-order valence-electron chi connectivity index (χ1n) is 10.0. The summed E-state index contributed by atoms with van der Waals surface area (Å²) in [7, 11) is 0. The van der Waals surface area contributed by atoms with E-state index in [1.54, 1.807) is 6.33 Å². The molecule has 2 aromatic rings. The largest absolute Gasteiger partial charge is 0.378 e. The summed E-state index contributed by atoms with van der Waals surface area (Å²) in [6, 6.07) is 6.91. The zero-order valence-electron chi connectivity index (χ0n) is 15.7. The summed E-state index contributed by atoms with van der Waals surface area (Å²) >= 11 is 6.12. The van der Waals surface area contributed by atoms with E-state index in [9.17, 15) is 0 Å². The first-order chi connectivity index (χ1) is 13.8. The van der Waals surface area contributed by atoms with Gasteiger partial charge in [0.15, 0.2) is 0 Å². The van der Waals surface area contributed by atoms with E-state index in [-0.39, 0.29) is 6.04 Å². The van der Waals surface area contributed by atoms with Crippen molar-refractivity contribution in [3.8, 4) is 0 Å². The Hall–Kier alpha value is -1.80. The van der Waals surface area contributed by atoms with Gasteiger partial charge in [0, 0.05) is 31.4 Å². The summed E-state index contributed by atoms with van der Waals surface area (Å²) in [5.41, 5.74) is 9.37. The molecule has 0 bridgehead atoms. The summed E-state index contributed by atoms with van der Waals surface area (Å²) in [6.07, 6.45) is 6.90. The molecule has 0 spiro atoms.